The largest absolute Gasteiger partial charge is 0.393 e. The summed E-state index contributed by atoms with van der Waals surface area (Å²) in [6.45, 7) is 10.6. The molecule has 1 heterocycles. The van der Waals surface area contributed by atoms with Gasteiger partial charge in [-0.25, -0.2) is 0 Å². The highest BCUT2D eigenvalue weighted by Gasteiger charge is 2.58. The highest BCUT2D eigenvalue weighted by molar-refractivity contribution is 6.70. The molecule has 0 N–H and O–H groups in total. The zero-order valence-electron chi connectivity index (χ0n) is 16.9. The molecule has 8 heteroatoms. The fraction of sp³-hybridized carbons (Fsp3) is 0.684. The molecule has 1 unspecified atom stereocenters. The molecule has 0 amide bonds. The number of nitro benzene ring substituents is 1. The lowest BCUT2D eigenvalue weighted by atomic mass is 10.1. The number of hydrogen-bond acceptors (Lipinski definition) is 5. The second kappa shape index (κ2) is 11.4. The normalized spacial score (nSPS) is 21.2. The van der Waals surface area contributed by atoms with E-state index in [4.69, 9.17) is 13.6 Å². The van der Waals surface area contributed by atoms with Crippen LogP contribution in [0.15, 0.2) is 24.3 Å². The summed E-state index contributed by atoms with van der Waals surface area (Å²) in [5.74, 6) is -0.217. The first-order chi connectivity index (χ1) is 12.9. The van der Waals surface area contributed by atoms with E-state index < -0.39 is 13.5 Å². The molecule has 153 valence electrons. The Morgan fingerprint density at radius 2 is 1.63 bits per heavy atom. The van der Waals surface area contributed by atoms with Gasteiger partial charge in [0, 0.05) is 32.0 Å². The maximum atomic E-state index is 10.4. The van der Waals surface area contributed by atoms with Crippen molar-refractivity contribution in [3.05, 3.63) is 34.4 Å². The number of benzene rings is 1. The van der Waals surface area contributed by atoms with Crippen molar-refractivity contribution >= 4 is 14.2 Å². The van der Waals surface area contributed by atoms with E-state index in [2.05, 4.69) is 27.7 Å². The van der Waals surface area contributed by atoms with Crippen LogP contribution in [0.5, 0.6) is 5.75 Å². The van der Waals surface area contributed by atoms with Crippen molar-refractivity contribution in [2.75, 3.05) is 19.8 Å². The van der Waals surface area contributed by atoms with Crippen LogP contribution in [0.1, 0.15) is 53.4 Å². The summed E-state index contributed by atoms with van der Waals surface area (Å²) in [5.41, 5.74) is -0.0559. The molecule has 0 aromatic heterocycles. The number of ether oxygens (including phenoxy) is 1. The standard InChI is InChI=1S/C13H28O3Si.C6H4NO3/c1-5-13(14-6-2)11-9-10-12-17(13,15-7-3)16-8-4;8-6-3-1-5(2-4-6)7(9)10/h5-12H2,1-4H3;1-4H. The fourth-order valence-electron chi connectivity index (χ4n) is 3.68. The van der Waals surface area contributed by atoms with Crippen LogP contribution in [0.4, 0.5) is 5.69 Å². The zero-order chi connectivity index (χ0) is 20.3. The van der Waals surface area contributed by atoms with E-state index in [9.17, 15) is 15.2 Å². The topological polar surface area (TPSA) is 90.7 Å². The summed E-state index contributed by atoms with van der Waals surface area (Å²) >= 11 is 0. The van der Waals surface area contributed by atoms with E-state index >= 15 is 0 Å². The number of non-ortho nitro benzene ring substituents is 1. The van der Waals surface area contributed by atoms with Gasteiger partial charge in [0.15, 0.2) is 5.75 Å². The number of nitrogens with zero attached hydrogens (tertiary/aromatic N) is 1. The molecule has 1 fully saturated rings. The number of hydrogen-bond donors (Lipinski definition) is 0. The van der Waals surface area contributed by atoms with Gasteiger partial charge < -0.3 is 13.6 Å². The molecular formula is C19H32NO6Si. The fourth-order valence-corrected chi connectivity index (χ4v) is 8.14. The van der Waals surface area contributed by atoms with Crippen molar-refractivity contribution in [1.29, 1.82) is 0 Å². The van der Waals surface area contributed by atoms with Gasteiger partial charge in [0.1, 0.15) is 5.22 Å². The van der Waals surface area contributed by atoms with Crippen LogP contribution in [-0.2, 0) is 18.7 Å². The minimum Gasteiger partial charge on any atom is -0.393 e. The Hall–Kier alpha value is -1.48. The molecule has 2 rings (SSSR count). The van der Waals surface area contributed by atoms with Gasteiger partial charge >= 0.3 is 8.56 Å². The van der Waals surface area contributed by atoms with Gasteiger partial charge in [0.25, 0.3) is 5.69 Å². The lowest BCUT2D eigenvalue weighted by Gasteiger charge is -2.49. The Kier molecular flexibility index (Phi) is 9.93. The zero-order valence-corrected chi connectivity index (χ0v) is 17.9. The van der Waals surface area contributed by atoms with Gasteiger partial charge in [-0.1, -0.05) is 19.8 Å². The summed E-state index contributed by atoms with van der Waals surface area (Å²) in [7, 11) is -2.21. The number of nitro groups is 1. The lowest BCUT2D eigenvalue weighted by molar-refractivity contribution is -0.384. The van der Waals surface area contributed by atoms with E-state index in [0.29, 0.717) is 0 Å². The minimum atomic E-state index is -2.21. The minimum absolute atomic E-state index is 0.0559. The third-order valence-corrected chi connectivity index (χ3v) is 9.48. The molecule has 27 heavy (non-hydrogen) atoms. The molecule has 0 aliphatic carbocycles. The first-order valence-electron chi connectivity index (χ1n) is 9.73. The van der Waals surface area contributed by atoms with Crippen LogP contribution in [0.3, 0.4) is 0 Å². The van der Waals surface area contributed by atoms with Crippen LogP contribution >= 0.6 is 0 Å². The van der Waals surface area contributed by atoms with Crippen LogP contribution in [0, 0.1) is 10.1 Å². The van der Waals surface area contributed by atoms with Gasteiger partial charge in [0.2, 0.25) is 0 Å². The highest BCUT2D eigenvalue weighted by Crippen LogP contribution is 2.42. The summed E-state index contributed by atoms with van der Waals surface area (Å²) < 4.78 is 18.5. The third-order valence-electron chi connectivity index (χ3n) is 4.82. The monoisotopic (exact) mass is 398 g/mol. The summed E-state index contributed by atoms with van der Waals surface area (Å²) in [4.78, 5) is 9.47. The van der Waals surface area contributed by atoms with E-state index in [1.165, 1.54) is 25.0 Å². The molecule has 0 saturated carbocycles. The second-order valence-corrected chi connectivity index (χ2v) is 9.85. The van der Waals surface area contributed by atoms with E-state index in [-0.39, 0.29) is 16.7 Å². The van der Waals surface area contributed by atoms with Gasteiger partial charge in [0.05, 0.1) is 4.92 Å². The van der Waals surface area contributed by atoms with Crippen LogP contribution in [0.25, 0.3) is 0 Å². The van der Waals surface area contributed by atoms with E-state index in [1.54, 1.807) is 0 Å². The SMILES string of the molecule is CCOC1(CC)CCCC[Si]1(OCC)OCC.[O]c1ccc([N+](=O)[O-])cc1. The highest BCUT2D eigenvalue weighted by atomic mass is 28.4. The van der Waals surface area contributed by atoms with Gasteiger partial charge in [-0.2, -0.15) is 0 Å². The Labute approximate surface area is 163 Å². The van der Waals surface area contributed by atoms with Crippen molar-refractivity contribution in [3.8, 4) is 5.75 Å². The first kappa shape index (κ1) is 23.6. The molecular weight excluding hydrogens is 366 g/mol. The van der Waals surface area contributed by atoms with Crippen molar-refractivity contribution in [2.24, 2.45) is 0 Å². The first-order valence-corrected chi connectivity index (χ1v) is 11.8. The van der Waals surface area contributed by atoms with Gasteiger partial charge in [-0.05, 0) is 51.8 Å². The molecule has 7 nitrogen and oxygen atoms in total. The van der Waals surface area contributed by atoms with Crippen LogP contribution < -0.4 is 0 Å². The molecule has 0 spiro atoms. The summed E-state index contributed by atoms with van der Waals surface area (Å²) in [6.07, 6.45) is 4.57. The van der Waals surface area contributed by atoms with Crippen LogP contribution in [-0.4, -0.2) is 38.5 Å². The predicted octanol–water partition coefficient (Wildman–Crippen LogP) is 5.15. The third kappa shape index (κ3) is 6.00. The van der Waals surface area contributed by atoms with Gasteiger partial charge in [-0.15, -0.1) is 0 Å². The Morgan fingerprint density at radius 1 is 1.04 bits per heavy atom. The predicted molar refractivity (Wildman–Crippen MR) is 106 cm³/mol. The maximum absolute atomic E-state index is 10.4. The van der Waals surface area contributed by atoms with Crippen LogP contribution in [0.2, 0.25) is 6.04 Å². The van der Waals surface area contributed by atoms with Crippen molar-refractivity contribution in [3.63, 3.8) is 0 Å². The van der Waals surface area contributed by atoms with E-state index in [1.807, 2.05) is 0 Å². The molecule has 0 bridgehead atoms. The molecule has 1 radical (unpaired) electrons. The van der Waals surface area contributed by atoms with Crippen molar-refractivity contribution < 1.29 is 23.6 Å². The molecule has 1 aliphatic heterocycles. The second-order valence-electron chi connectivity index (χ2n) is 6.36. The van der Waals surface area contributed by atoms with Crippen molar-refractivity contribution in [2.45, 2.75) is 64.6 Å². The van der Waals surface area contributed by atoms with Crippen molar-refractivity contribution in [1.82, 2.24) is 0 Å². The van der Waals surface area contributed by atoms with Gasteiger partial charge in [-0.3, -0.25) is 15.2 Å². The maximum Gasteiger partial charge on any atom is 0.371 e. The Bertz CT molecular complexity index is 552. The summed E-state index contributed by atoms with van der Waals surface area (Å²) in [5, 5.41) is 20.3. The van der Waals surface area contributed by atoms with E-state index in [0.717, 1.165) is 50.8 Å². The molecule has 1 aliphatic rings. The number of rotatable bonds is 8. The molecule has 1 aromatic carbocycles. The molecule has 1 atom stereocenters. The smallest absolute Gasteiger partial charge is 0.371 e. The average Bonchev–Trinajstić information content (AvgIpc) is 2.65. The lowest BCUT2D eigenvalue weighted by Crippen LogP contribution is -2.65. The Morgan fingerprint density at radius 3 is 2.07 bits per heavy atom. The molecule has 1 aromatic rings. The summed E-state index contributed by atoms with van der Waals surface area (Å²) in [6, 6.07) is 5.78. The quantitative estimate of drug-likeness (QED) is 0.343. The average molecular weight is 399 g/mol. The Balaban J connectivity index is 0.000000309. The molecule has 1 saturated heterocycles.